The van der Waals surface area contributed by atoms with Crippen molar-refractivity contribution in [2.24, 2.45) is 0 Å². The van der Waals surface area contributed by atoms with Crippen LogP contribution >= 0.6 is 11.3 Å². The Balaban J connectivity index is 1.61. The predicted octanol–water partition coefficient (Wildman–Crippen LogP) is 4.39. The van der Waals surface area contributed by atoms with Crippen molar-refractivity contribution in [1.82, 2.24) is 5.32 Å². The van der Waals surface area contributed by atoms with Gasteiger partial charge in [-0.15, -0.1) is 0 Å². The minimum Gasteiger partial charge on any atom is -0.352 e. The molecule has 0 atom stereocenters. The molecule has 0 unspecified atom stereocenters. The number of benzene rings is 1. The molecule has 0 saturated heterocycles. The Morgan fingerprint density at radius 3 is 2.64 bits per heavy atom. The van der Waals surface area contributed by atoms with Crippen LogP contribution in [0.1, 0.15) is 36.8 Å². The van der Waals surface area contributed by atoms with E-state index in [0.29, 0.717) is 0 Å². The van der Waals surface area contributed by atoms with E-state index in [9.17, 15) is 4.79 Å². The van der Waals surface area contributed by atoms with Gasteiger partial charge in [-0.05, 0) is 46.9 Å². The Labute approximate surface area is 135 Å². The molecule has 1 aromatic carbocycles. The van der Waals surface area contributed by atoms with Gasteiger partial charge in [-0.2, -0.15) is 11.3 Å². The summed E-state index contributed by atoms with van der Waals surface area (Å²) in [5, 5.41) is 7.47. The van der Waals surface area contributed by atoms with Gasteiger partial charge >= 0.3 is 0 Å². The van der Waals surface area contributed by atoms with Gasteiger partial charge < -0.3 is 5.32 Å². The number of thiophene rings is 1. The molecular weight excluding hydrogens is 290 g/mol. The van der Waals surface area contributed by atoms with Gasteiger partial charge in [0.15, 0.2) is 0 Å². The second-order valence-corrected chi connectivity index (χ2v) is 6.74. The van der Waals surface area contributed by atoms with E-state index in [2.05, 4.69) is 22.1 Å². The van der Waals surface area contributed by atoms with Crippen molar-refractivity contribution in [2.75, 3.05) is 6.54 Å². The summed E-state index contributed by atoms with van der Waals surface area (Å²) in [5.74, 6) is -0.00893. The number of carbonyl (C=O) groups excluding carboxylic acids is 1. The average molecular weight is 311 g/mol. The largest absolute Gasteiger partial charge is 0.352 e. The third-order valence-electron chi connectivity index (χ3n) is 4.52. The van der Waals surface area contributed by atoms with Crippen molar-refractivity contribution >= 4 is 23.3 Å². The van der Waals surface area contributed by atoms with Crippen molar-refractivity contribution in [3.8, 4) is 0 Å². The number of carbonyl (C=O) groups is 1. The minimum atomic E-state index is -0.00893. The normalized spacial score (nSPS) is 16.9. The molecule has 0 radical (unpaired) electrons. The Morgan fingerprint density at radius 1 is 1.18 bits per heavy atom. The first kappa shape index (κ1) is 15.0. The highest BCUT2D eigenvalue weighted by Crippen LogP contribution is 2.41. The SMILES string of the molecule is O=C(/C=C/c1ccccc1)NCC1(c2ccsc2)CCCC1. The van der Waals surface area contributed by atoms with E-state index < -0.39 is 0 Å². The Morgan fingerprint density at radius 2 is 1.95 bits per heavy atom. The first-order valence-corrected chi connectivity index (χ1v) is 8.76. The van der Waals surface area contributed by atoms with E-state index in [-0.39, 0.29) is 11.3 Å². The quantitative estimate of drug-likeness (QED) is 0.815. The van der Waals surface area contributed by atoms with Crippen molar-refractivity contribution in [2.45, 2.75) is 31.1 Å². The zero-order valence-corrected chi connectivity index (χ0v) is 13.4. The molecule has 1 heterocycles. The van der Waals surface area contributed by atoms with Crippen molar-refractivity contribution in [1.29, 1.82) is 0 Å². The molecule has 1 amide bonds. The fourth-order valence-electron chi connectivity index (χ4n) is 3.24. The van der Waals surface area contributed by atoms with Crippen LogP contribution in [0.4, 0.5) is 0 Å². The molecule has 3 heteroatoms. The summed E-state index contributed by atoms with van der Waals surface area (Å²) >= 11 is 1.74. The average Bonchev–Trinajstić information content (AvgIpc) is 3.24. The highest BCUT2D eigenvalue weighted by Gasteiger charge is 2.35. The molecule has 1 aliphatic rings. The van der Waals surface area contributed by atoms with Crippen molar-refractivity contribution in [3.05, 3.63) is 64.4 Å². The molecule has 114 valence electrons. The van der Waals surface area contributed by atoms with Gasteiger partial charge in [0.1, 0.15) is 0 Å². The molecule has 1 saturated carbocycles. The zero-order chi connectivity index (χ0) is 15.3. The summed E-state index contributed by atoms with van der Waals surface area (Å²) in [7, 11) is 0. The monoisotopic (exact) mass is 311 g/mol. The van der Waals surface area contributed by atoms with E-state index in [0.717, 1.165) is 12.1 Å². The molecule has 0 aliphatic heterocycles. The van der Waals surface area contributed by atoms with Gasteiger partial charge in [0.25, 0.3) is 0 Å². The fraction of sp³-hybridized carbons (Fsp3) is 0.316. The molecule has 1 aromatic heterocycles. The Hall–Kier alpha value is -1.87. The lowest BCUT2D eigenvalue weighted by Gasteiger charge is -2.28. The number of hydrogen-bond acceptors (Lipinski definition) is 2. The van der Waals surface area contributed by atoms with Crippen LogP contribution in [0.3, 0.4) is 0 Å². The van der Waals surface area contributed by atoms with Gasteiger partial charge in [-0.1, -0.05) is 43.2 Å². The molecule has 2 aromatic rings. The third-order valence-corrected chi connectivity index (χ3v) is 5.21. The summed E-state index contributed by atoms with van der Waals surface area (Å²) in [5.41, 5.74) is 2.59. The van der Waals surface area contributed by atoms with Crippen LogP contribution in [-0.2, 0) is 10.2 Å². The van der Waals surface area contributed by atoms with Crippen LogP contribution < -0.4 is 5.32 Å². The lowest BCUT2D eigenvalue weighted by Crippen LogP contribution is -2.38. The molecule has 1 fully saturated rings. The van der Waals surface area contributed by atoms with Crippen LogP contribution in [0.25, 0.3) is 6.08 Å². The zero-order valence-electron chi connectivity index (χ0n) is 12.6. The molecule has 2 nitrogen and oxygen atoms in total. The second kappa shape index (κ2) is 6.93. The van der Waals surface area contributed by atoms with Crippen molar-refractivity contribution < 1.29 is 4.79 Å². The van der Waals surface area contributed by atoms with E-state index in [1.807, 2.05) is 36.4 Å². The van der Waals surface area contributed by atoms with E-state index in [1.165, 1.54) is 31.2 Å². The summed E-state index contributed by atoms with van der Waals surface area (Å²) in [6.45, 7) is 0.738. The molecule has 1 N–H and O–H groups in total. The minimum absolute atomic E-state index is 0.00893. The Bertz CT molecular complexity index is 625. The number of nitrogens with one attached hydrogen (secondary N) is 1. The Kier molecular flexibility index (Phi) is 4.74. The molecule has 22 heavy (non-hydrogen) atoms. The molecule has 0 bridgehead atoms. The standard InChI is InChI=1S/C19H21NOS/c21-18(9-8-16-6-2-1-3-7-16)20-15-19(11-4-5-12-19)17-10-13-22-14-17/h1-3,6-10,13-14H,4-5,11-12,15H2,(H,20,21)/b9-8+. The first-order chi connectivity index (χ1) is 10.8. The van der Waals surface area contributed by atoms with Gasteiger partial charge in [0.2, 0.25) is 5.91 Å². The van der Waals surface area contributed by atoms with Gasteiger partial charge in [-0.3, -0.25) is 4.79 Å². The molecule has 3 rings (SSSR count). The maximum absolute atomic E-state index is 12.1. The maximum atomic E-state index is 12.1. The van der Waals surface area contributed by atoms with E-state index >= 15 is 0 Å². The van der Waals surface area contributed by atoms with E-state index in [1.54, 1.807) is 17.4 Å². The maximum Gasteiger partial charge on any atom is 0.244 e. The number of amides is 1. The molecule has 1 aliphatic carbocycles. The van der Waals surface area contributed by atoms with Crippen LogP contribution in [0.15, 0.2) is 53.2 Å². The van der Waals surface area contributed by atoms with Crippen LogP contribution in [0.2, 0.25) is 0 Å². The first-order valence-electron chi connectivity index (χ1n) is 7.82. The van der Waals surface area contributed by atoms with Crippen molar-refractivity contribution in [3.63, 3.8) is 0 Å². The van der Waals surface area contributed by atoms with Crippen LogP contribution in [0, 0.1) is 0 Å². The highest BCUT2D eigenvalue weighted by atomic mass is 32.1. The highest BCUT2D eigenvalue weighted by molar-refractivity contribution is 7.08. The smallest absolute Gasteiger partial charge is 0.244 e. The third kappa shape index (κ3) is 3.47. The van der Waals surface area contributed by atoms with E-state index in [4.69, 9.17) is 0 Å². The molecular formula is C19H21NOS. The number of hydrogen-bond donors (Lipinski definition) is 1. The van der Waals surface area contributed by atoms with Gasteiger partial charge in [-0.25, -0.2) is 0 Å². The van der Waals surface area contributed by atoms with Crippen LogP contribution in [0.5, 0.6) is 0 Å². The summed E-state index contributed by atoms with van der Waals surface area (Å²) in [6.07, 6.45) is 8.35. The summed E-state index contributed by atoms with van der Waals surface area (Å²) in [6, 6.07) is 12.1. The molecule has 0 spiro atoms. The lowest BCUT2D eigenvalue weighted by atomic mass is 9.80. The summed E-state index contributed by atoms with van der Waals surface area (Å²) in [4.78, 5) is 12.1. The number of rotatable bonds is 5. The van der Waals surface area contributed by atoms with Gasteiger partial charge in [0, 0.05) is 18.0 Å². The summed E-state index contributed by atoms with van der Waals surface area (Å²) < 4.78 is 0. The lowest BCUT2D eigenvalue weighted by molar-refractivity contribution is -0.116. The topological polar surface area (TPSA) is 29.1 Å². The van der Waals surface area contributed by atoms with Gasteiger partial charge in [0.05, 0.1) is 0 Å². The predicted molar refractivity (Wildman–Crippen MR) is 93.0 cm³/mol. The fourth-order valence-corrected chi connectivity index (χ4v) is 4.02. The second-order valence-electron chi connectivity index (χ2n) is 5.96. The van der Waals surface area contributed by atoms with Crippen LogP contribution in [-0.4, -0.2) is 12.5 Å².